The topological polar surface area (TPSA) is 33.3 Å². The molecule has 0 aromatic heterocycles. The Morgan fingerprint density at radius 2 is 2.26 bits per heavy atom. The first kappa shape index (κ1) is 12.9. The molecular formula is C16H24N2O. The third-order valence-corrected chi connectivity index (χ3v) is 3.92. The third kappa shape index (κ3) is 3.71. The fourth-order valence-electron chi connectivity index (χ4n) is 2.52. The van der Waals surface area contributed by atoms with E-state index in [1.807, 2.05) is 0 Å². The maximum Gasteiger partial charge on any atom is 0.122 e. The van der Waals surface area contributed by atoms with Crippen LogP contribution < -0.4 is 15.4 Å². The first-order valence-corrected chi connectivity index (χ1v) is 7.52. The van der Waals surface area contributed by atoms with Gasteiger partial charge in [0.2, 0.25) is 0 Å². The molecule has 1 fully saturated rings. The van der Waals surface area contributed by atoms with Gasteiger partial charge in [-0.25, -0.2) is 0 Å². The largest absolute Gasteiger partial charge is 0.493 e. The molecule has 1 heterocycles. The van der Waals surface area contributed by atoms with Crippen molar-refractivity contribution in [2.45, 2.75) is 51.2 Å². The van der Waals surface area contributed by atoms with E-state index in [2.05, 4.69) is 35.8 Å². The predicted octanol–water partition coefficient (Wildman–Crippen LogP) is 2.24. The molecule has 1 saturated carbocycles. The molecule has 0 bridgehead atoms. The molecule has 1 aromatic rings. The highest BCUT2D eigenvalue weighted by Gasteiger charge is 2.20. The lowest BCUT2D eigenvalue weighted by atomic mass is 10.0. The van der Waals surface area contributed by atoms with Gasteiger partial charge in [-0.1, -0.05) is 12.1 Å². The van der Waals surface area contributed by atoms with Crippen molar-refractivity contribution in [3.8, 4) is 5.75 Å². The summed E-state index contributed by atoms with van der Waals surface area (Å²) in [6.45, 7) is 5.13. The molecule has 0 radical (unpaired) electrons. The monoisotopic (exact) mass is 260 g/mol. The Labute approximate surface area is 115 Å². The second-order valence-corrected chi connectivity index (χ2v) is 5.86. The zero-order chi connectivity index (χ0) is 13.1. The Morgan fingerprint density at radius 3 is 3.11 bits per heavy atom. The van der Waals surface area contributed by atoms with Crippen LogP contribution >= 0.6 is 0 Å². The quantitative estimate of drug-likeness (QED) is 0.823. The van der Waals surface area contributed by atoms with E-state index in [9.17, 15) is 0 Å². The maximum atomic E-state index is 5.65. The fourth-order valence-corrected chi connectivity index (χ4v) is 2.52. The van der Waals surface area contributed by atoms with Gasteiger partial charge in [0.1, 0.15) is 5.75 Å². The Hall–Kier alpha value is -1.06. The van der Waals surface area contributed by atoms with Crippen molar-refractivity contribution in [1.29, 1.82) is 0 Å². The van der Waals surface area contributed by atoms with Gasteiger partial charge in [-0.15, -0.1) is 0 Å². The van der Waals surface area contributed by atoms with E-state index in [0.717, 1.165) is 44.3 Å². The number of fused-ring (bicyclic) bond motifs is 1. The summed E-state index contributed by atoms with van der Waals surface area (Å²) in [5, 5.41) is 7.15. The molecule has 19 heavy (non-hydrogen) atoms. The molecular weight excluding hydrogens is 236 g/mol. The summed E-state index contributed by atoms with van der Waals surface area (Å²) < 4.78 is 5.65. The van der Waals surface area contributed by atoms with Gasteiger partial charge in [0.05, 0.1) is 6.61 Å². The highest BCUT2D eigenvalue weighted by molar-refractivity contribution is 5.38. The van der Waals surface area contributed by atoms with Crippen molar-refractivity contribution in [1.82, 2.24) is 10.6 Å². The summed E-state index contributed by atoms with van der Waals surface area (Å²) >= 11 is 0. The molecule has 1 aliphatic heterocycles. The normalized spacial score (nSPS) is 19.6. The summed E-state index contributed by atoms with van der Waals surface area (Å²) in [5.41, 5.74) is 2.73. The highest BCUT2D eigenvalue weighted by Crippen LogP contribution is 2.25. The lowest BCUT2D eigenvalue weighted by Gasteiger charge is -2.19. The summed E-state index contributed by atoms with van der Waals surface area (Å²) in [7, 11) is 0. The van der Waals surface area contributed by atoms with Crippen molar-refractivity contribution in [2.75, 3.05) is 13.2 Å². The van der Waals surface area contributed by atoms with E-state index in [-0.39, 0.29) is 0 Å². The number of aryl methyl sites for hydroxylation is 1. The summed E-state index contributed by atoms with van der Waals surface area (Å²) in [6.07, 6.45) is 5.02. The Balaban J connectivity index is 1.48. The number of benzene rings is 1. The molecule has 3 nitrogen and oxygen atoms in total. The predicted molar refractivity (Wildman–Crippen MR) is 77.6 cm³/mol. The van der Waals surface area contributed by atoms with Gasteiger partial charge in [-0.3, -0.25) is 0 Å². The first-order valence-electron chi connectivity index (χ1n) is 7.52. The minimum atomic E-state index is 0.521. The number of nitrogens with one attached hydrogen (secondary N) is 2. The molecule has 0 spiro atoms. The molecule has 3 rings (SSSR count). The minimum Gasteiger partial charge on any atom is -0.493 e. The molecule has 1 unspecified atom stereocenters. The average Bonchev–Trinajstić information content (AvgIpc) is 3.27. The van der Waals surface area contributed by atoms with Crippen molar-refractivity contribution < 1.29 is 4.74 Å². The standard InChI is InChI=1S/C16H24N2O/c1-12(10-18-15-5-6-15)17-11-13-4-7-16-14(9-13)3-2-8-19-16/h4,7,9,12,15,17-18H,2-3,5-6,8,10-11H2,1H3. The zero-order valence-electron chi connectivity index (χ0n) is 11.7. The zero-order valence-corrected chi connectivity index (χ0v) is 11.7. The summed E-state index contributed by atoms with van der Waals surface area (Å²) in [6, 6.07) is 7.91. The van der Waals surface area contributed by atoms with Gasteiger partial charge >= 0.3 is 0 Å². The van der Waals surface area contributed by atoms with Crippen molar-refractivity contribution in [2.24, 2.45) is 0 Å². The molecule has 0 saturated heterocycles. The third-order valence-electron chi connectivity index (χ3n) is 3.92. The molecule has 2 aliphatic rings. The number of hydrogen-bond donors (Lipinski definition) is 2. The van der Waals surface area contributed by atoms with Gasteiger partial charge in [0.15, 0.2) is 0 Å². The van der Waals surface area contributed by atoms with E-state index in [1.54, 1.807) is 0 Å². The molecule has 1 aliphatic carbocycles. The van der Waals surface area contributed by atoms with Gasteiger partial charge in [0.25, 0.3) is 0 Å². The van der Waals surface area contributed by atoms with Crippen LogP contribution in [0.5, 0.6) is 5.75 Å². The molecule has 1 atom stereocenters. The second-order valence-electron chi connectivity index (χ2n) is 5.86. The Kier molecular flexibility index (Phi) is 4.04. The molecule has 2 N–H and O–H groups in total. The first-order chi connectivity index (χ1) is 9.31. The number of rotatable bonds is 6. The van der Waals surface area contributed by atoms with Crippen molar-refractivity contribution in [3.63, 3.8) is 0 Å². The van der Waals surface area contributed by atoms with E-state index in [4.69, 9.17) is 4.74 Å². The van der Waals surface area contributed by atoms with Gasteiger partial charge in [-0.05, 0) is 49.8 Å². The minimum absolute atomic E-state index is 0.521. The van der Waals surface area contributed by atoms with Crippen LogP contribution in [0.15, 0.2) is 18.2 Å². The van der Waals surface area contributed by atoms with Gasteiger partial charge in [0, 0.05) is 25.2 Å². The summed E-state index contributed by atoms with van der Waals surface area (Å²) in [4.78, 5) is 0. The van der Waals surface area contributed by atoms with E-state index >= 15 is 0 Å². The maximum absolute atomic E-state index is 5.65. The number of ether oxygens (including phenoxy) is 1. The van der Waals surface area contributed by atoms with Crippen LogP contribution in [0.1, 0.15) is 37.3 Å². The van der Waals surface area contributed by atoms with E-state index in [1.165, 1.54) is 24.0 Å². The van der Waals surface area contributed by atoms with Crippen molar-refractivity contribution in [3.05, 3.63) is 29.3 Å². The SMILES string of the molecule is CC(CNC1CC1)NCc1ccc2c(c1)CCCO2. The average molecular weight is 260 g/mol. The smallest absolute Gasteiger partial charge is 0.122 e. The van der Waals surface area contributed by atoms with Gasteiger partial charge in [-0.2, -0.15) is 0 Å². The van der Waals surface area contributed by atoms with E-state index < -0.39 is 0 Å². The van der Waals surface area contributed by atoms with Crippen LogP contribution in [0.3, 0.4) is 0 Å². The highest BCUT2D eigenvalue weighted by atomic mass is 16.5. The lowest BCUT2D eigenvalue weighted by molar-refractivity contribution is 0.288. The van der Waals surface area contributed by atoms with Crippen LogP contribution in [-0.2, 0) is 13.0 Å². The van der Waals surface area contributed by atoms with E-state index in [0.29, 0.717) is 6.04 Å². The van der Waals surface area contributed by atoms with Crippen LogP contribution in [0.4, 0.5) is 0 Å². The lowest BCUT2D eigenvalue weighted by Crippen LogP contribution is -2.36. The number of hydrogen-bond acceptors (Lipinski definition) is 3. The van der Waals surface area contributed by atoms with Crippen molar-refractivity contribution >= 4 is 0 Å². The van der Waals surface area contributed by atoms with Crippen LogP contribution in [0.2, 0.25) is 0 Å². The molecule has 104 valence electrons. The van der Waals surface area contributed by atoms with Crippen LogP contribution in [0, 0.1) is 0 Å². The second kappa shape index (κ2) is 5.93. The molecule has 1 aromatic carbocycles. The Morgan fingerprint density at radius 1 is 1.37 bits per heavy atom. The van der Waals surface area contributed by atoms with Gasteiger partial charge < -0.3 is 15.4 Å². The molecule has 0 amide bonds. The van der Waals surface area contributed by atoms with Crippen LogP contribution in [0.25, 0.3) is 0 Å². The Bertz CT molecular complexity index is 429. The summed E-state index contributed by atoms with van der Waals surface area (Å²) in [5.74, 6) is 1.08. The fraction of sp³-hybridized carbons (Fsp3) is 0.625. The molecule has 3 heteroatoms. The van der Waals surface area contributed by atoms with Crippen LogP contribution in [-0.4, -0.2) is 25.2 Å².